The minimum atomic E-state index is 0.668. The van der Waals surface area contributed by atoms with Crippen LogP contribution in [-0.4, -0.2) is 29.5 Å². The van der Waals surface area contributed by atoms with Crippen molar-refractivity contribution >= 4 is 16.5 Å². The molecule has 0 bridgehead atoms. The van der Waals surface area contributed by atoms with Crippen molar-refractivity contribution in [3.8, 4) is 11.3 Å². The molecule has 2 aromatic carbocycles. The summed E-state index contributed by atoms with van der Waals surface area (Å²) in [6.07, 6.45) is 3.52. The molecule has 0 spiro atoms. The van der Waals surface area contributed by atoms with E-state index in [-0.39, 0.29) is 0 Å². The summed E-state index contributed by atoms with van der Waals surface area (Å²) in [6.45, 7) is 3.44. The smallest absolute Gasteiger partial charge is 0.180 e. The first-order valence-corrected chi connectivity index (χ1v) is 10.2. The number of piperidine rings is 1. The number of hydrogen-bond donors (Lipinski definition) is 1. The molecule has 134 valence electrons. The van der Waals surface area contributed by atoms with Gasteiger partial charge in [0.2, 0.25) is 0 Å². The summed E-state index contributed by atoms with van der Waals surface area (Å²) in [4.78, 5) is 8.47. The van der Waals surface area contributed by atoms with Gasteiger partial charge in [-0.05, 0) is 43.8 Å². The molecule has 1 aromatic heterocycles. The van der Waals surface area contributed by atoms with E-state index in [0.717, 1.165) is 18.7 Å². The van der Waals surface area contributed by atoms with Crippen molar-refractivity contribution in [1.29, 1.82) is 0 Å². The monoisotopic (exact) mass is 363 g/mol. The summed E-state index contributed by atoms with van der Waals surface area (Å²) in [5, 5.41) is 0.668. The van der Waals surface area contributed by atoms with Crippen LogP contribution in [0.25, 0.3) is 11.3 Å². The van der Waals surface area contributed by atoms with Crippen molar-refractivity contribution in [2.45, 2.75) is 25.2 Å². The zero-order valence-corrected chi connectivity index (χ0v) is 15.8. The van der Waals surface area contributed by atoms with Gasteiger partial charge in [-0.15, -0.1) is 11.3 Å². The van der Waals surface area contributed by atoms with Crippen molar-refractivity contribution in [3.05, 3.63) is 71.1 Å². The topological polar surface area (TPSA) is 42.1 Å². The first kappa shape index (κ1) is 17.3. The number of nitrogens with two attached hydrogens (primary N) is 1. The van der Waals surface area contributed by atoms with Crippen LogP contribution in [0.4, 0.5) is 5.13 Å². The number of hydrogen-bond acceptors (Lipinski definition) is 4. The van der Waals surface area contributed by atoms with Gasteiger partial charge >= 0.3 is 0 Å². The molecule has 1 fully saturated rings. The molecule has 1 aliphatic heterocycles. The van der Waals surface area contributed by atoms with E-state index in [1.54, 1.807) is 11.3 Å². The number of anilines is 1. The van der Waals surface area contributed by atoms with Crippen molar-refractivity contribution in [2.75, 3.05) is 25.4 Å². The van der Waals surface area contributed by atoms with Gasteiger partial charge in [0.25, 0.3) is 0 Å². The van der Waals surface area contributed by atoms with Gasteiger partial charge in [-0.1, -0.05) is 60.7 Å². The molecule has 2 N–H and O–H groups in total. The number of aromatic nitrogens is 1. The Labute approximate surface area is 159 Å². The first-order chi connectivity index (χ1) is 12.8. The molecule has 0 amide bonds. The maximum Gasteiger partial charge on any atom is 0.180 e. The minimum Gasteiger partial charge on any atom is -0.375 e. The van der Waals surface area contributed by atoms with Crippen molar-refractivity contribution in [3.63, 3.8) is 0 Å². The van der Waals surface area contributed by atoms with Gasteiger partial charge in [-0.25, -0.2) is 4.98 Å². The van der Waals surface area contributed by atoms with Crippen molar-refractivity contribution < 1.29 is 0 Å². The Balaban J connectivity index is 1.36. The third-order valence-electron chi connectivity index (χ3n) is 5.27. The van der Waals surface area contributed by atoms with Gasteiger partial charge in [0.05, 0.1) is 5.69 Å². The highest BCUT2D eigenvalue weighted by atomic mass is 32.1. The second kappa shape index (κ2) is 8.02. The van der Waals surface area contributed by atoms with Crippen LogP contribution in [0.2, 0.25) is 0 Å². The Hall–Kier alpha value is -2.17. The Morgan fingerprint density at radius 2 is 1.62 bits per heavy atom. The number of likely N-dealkylation sites (tertiary alicyclic amines) is 1. The molecular formula is C22H25N3S. The highest BCUT2D eigenvalue weighted by molar-refractivity contribution is 7.15. The summed E-state index contributed by atoms with van der Waals surface area (Å²) in [5.41, 5.74) is 9.72. The quantitative estimate of drug-likeness (QED) is 0.707. The molecule has 0 atom stereocenters. The van der Waals surface area contributed by atoms with Gasteiger partial charge in [-0.2, -0.15) is 0 Å². The van der Waals surface area contributed by atoms with E-state index in [9.17, 15) is 0 Å². The van der Waals surface area contributed by atoms with Crippen LogP contribution in [0, 0.1) is 0 Å². The fraction of sp³-hybridized carbons (Fsp3) is 0.318. The van der Waals surface area contributed by atoms with Crippen molar-refractivity contribution in [1.82, 2.24) is 9.88 Å². The van der Waals surface area contributed by atoms with E-state index >= 15 is 0 Å². The highest BCUT2D eigenvalue weighted by Gasteiger charge is 2.21. The maximum atomic E-state index is 6.00. The molecule has 4 heteroatoms. The second-order valence-corrected chi connectivity index (χ2v) is 8.08. The minimum absolute atomic E-state index is 0.668. The molecule has 1 saturated heterocycles. The lowest BCUT2D eigenvalue weighted by Gasteiger charge is -2.32. The summed E-state index contributed by atoms with van der Waals surface area (Å²) in [5.74, 6) is 0.714. The lowest BCUT2D eigenvalue weighted by molar-refractivity contribution is 0.215. The first-order valence-electron chi connectivity index (χ1n) is 9.37. The predicted octanol–water partition coefficient (Wildman–Crippen LogP) is 4.81. The number of nitrogens with zero attached hydrogens (tertiary/aromatic N) is 2. The van der Waals surface area contributed by atoms with E-state index in [2.05, 4.69) is 64.5 Å². The average molecular weight is 364 g/mol. The summed E-state index contributed by atoms with van der Waals surface area (Å²) in [6, 6.07) is 21.3. The van der Waals surface area contributed by atoms with Gasteiger partial charge < -0.3 is 10.6 Å². The molecular weight excluding hydrogens is 338 g/mol. The Morgan fingerprint density at radius 3 is 2.31 bits per heavy atom. The van der Waals surface area contributed by atoms with E-state index in [0.29, 0.717) is 11.0 Å². The van der Waals surface area contributed by atoms with E-state index < -0.39 is 0 Å². The average Bonchev–Trinajstić information content (AvgIpc) is 3.09. The molecule has 0 saturated carbocycles. The Bertz CT molecular complexity index is 821. The van der Waals surface area contributed by atoms with Crippen molar-refractivity contribution in [2.24, 2.45) is 0 Å². The van der Waals surface area contributed by atoms with Gasteiger partial charge in [0.1, 0.15) is 0 Å². The normalized spacial score (nSPS) is 16.0. The van der Waals surface area contributed by atoms with E-state index in [1.165, 1.54) is 41.9 Å². The maximum absolute atomic E-state index is 6.00. The lowest BCUT2D eigenvalue weighted by Crippen LogP contribution is -2.34. The zero-order valence-electron chi connectivity index (χ0n) is 15.0. The third-order valence-corrected chi connectivity index (χ3v) is 6.22. The molecule has 0 radical (unpaired) electrons. The standard InChI is InChI=1S/C22H25N3S/c23-22-24-21(19-9-5-2-6-10-19)20(26-22)13-16-25-14-11-18(12-15-25)17-7-3-1-4-8-17/h1-10,18H,11-16H2,(H2,23,24). The van der Waals surface area contributed by atoms with Gasteiger partial charge in [-0.3, -0.25) is 0 Å². The SMILES string of the molecule is Nc1nc(-c2ccccc2)c(CCN2CCC(c3ccccc3)CC2)s1. The molecule has 3 nitrogen and oxygen atoms in total. The van der Waals surface area contributed by atoms with E-state index in [4.69, 9.17) is 5.73 Å². The summed E-state index contributed by atoms with van der Waals surface area (Å²) < 4.78 is 0. The van der Waals surface area contributed by atoms with Crippen LogP contribution in [0.15, 0.2) is 60.7 Å². The summed E-state index contributed by atoms with van der Waals surface area (Å²) >= 11 is 1.64. The summed E-state index contributed by atoms with van der Waals surface area (Å²) in [7, 11) is 0. The van der Waals surface area contributed by atoms with Crippen LogP contribution in [0.3, 0.4) is 0 Å². The van der Waals surface area contributed by atoms with Crippen LogP contribution in [-0.2, 0) is 6.42 Å². The van der Waals surface area contributed by atoms with E-state index in [1.807, 2.05) is 6.07 Å². The van der Waals surface area contributed by atoms with Gasteiger partial charge in [0, 0.05) is 17.0 Å². The van der Waals surface area contributed by atoms with Gasteiger partial charge in [0.15, 0.2) is 5.13 Å². The molecule has 4 rings (SSSR count). The van der Waals surface area contributed by atoms with Crippen LogP contribution < -0.4 is 5.73 Å². The van der Waals surface area contributed by atoms with Crippen LogP contribution in [0.5, 0.6) is 0 Å². The Morgan fingerprint density at radius 1 is 0.962 bits per heavy atom. The fourth-order valence-electron chi connectivity index (χ4n) is 3.84. The molecule has 3 aromatic rings. The molecule has 2 heterocycles. The predicted molar refractivity (Wildman–Crippen MR) is 111 cm³/mol. The molecule has 0 unspecified atom stereocenters. The van der Waals surface area contributed by atoms with Crippen LogP contribution >= 0.6 is 11.3 Å². The Kier molecular flexibility index (Phi) is 5.32. The lowest BCUT2D eigenvalue weighted by atomic mass is 9.89. The number of thiazole rings is 1. The molecule has 26 heavy (non-hydrogen) atoms. The highest BCUT2D eigenvalue weighted by Crippen LogP contribution is 2.31. The largest absolute Gasteiger partial charge is 0.375 e. The second-order valence-electron chi connectivity index (χ2n) is 6.97. The molecule has 0 aliphatic carbocycles. The number of nitrogen functional groups attached to an aromatic ring is 1. The number of rotatable bonds is 5. The van der Waals surface area contributed by atoms with Crippen LogP contribution in [0.1, 0.15) is 29.2 Å². The zero-order chi connectivity index (χ0) is 17.8. The molecule has 1 aliphatic rings. The number of benzene rings is 2. The third kappa shape index (κ3) is 3.97. The fourth-order valence-corrected chi connectivity index (χ4v) is 4.68.